The number of nitrogens with two attached hydrogens (primary N) is 1. The summed E-state index contributed by atoms with van der Waals surface area (Å²) < 4.78 is 5.42. The molecule has 0 unspecified atom stereocenters. The van der Waals surface area contributed by atoms with E-state index in [2.05, 4.69) is 15.4 Å². The van der Waals surface area contributed by atoms with Crippen molar-refractivity contribution in [1.82, 2.24) is 10.3 Å². The highest BCUT2D eigenvalue weighted by Gasteiger charge is 2.13. The Bertz CT molecular complexity index is 510. The van der Waals surface area contributed by atoms with E-state index in [1.807, 2.05) is 18.2 Å². The standard InChI is InChI=1S/C15H22N4O2/c1-21-14-6-5-12(10-17-18-15(16)20)9-13(14)11-19-7-3-2-4-8-19/h5-6,9-10H,2-4,7-8,11H2,1H3,(H3,16,18,20). The molecule has 0 radical (unpaired) electrons. The van der Waals surface area contributed by atoms with E-state index >= 15 is 0 Å². The van der Waals surface area contributed by atoms with E-state index in [0.717, 1.165) is 36.5 Å². The van der Waals surface area contributed by atoms with E-state index in [4.69, 9.17) is 10.5 Å². The van der Waals surface area contributed by atoms with Gasteiger partial charge in [0.05, 0.1) is 13.3 Å². The zero-order valence-electron chi connectivity index (χ0n) is 12.3. The summed E-state index contributed by atoms with van der Waals surface area (Å²) in [5.74, 6) is 0.876. The van der Waals surface area contributed by atoms with Gasteiger partial charge in [0.2, 0.25) is 0 Å². The van der Waals surface area contributed by atoms with Crippen LogP contribution in [0.2, 0.25) is 0 Å². The first-order valence-corrected chi connectivity index (χ1v) is 7.17. The number of ether oxygens (including phenoxy) is 1. The maximum atomic E-state index is 10.6. The molecule has 6 heteroatoms. The van der Waals surface area contributed by atoms with E-state index in [1.54, 1.807) is 13.3 Å². The number of piperidine rings is 1. The number of benzene rings is 1. The van der Waals surface area contributed by atoms with Crippen LogP contribution >= 0.6 is 0 Å². The molecule has 0 aromatic heterocycles. The van der Waals surface area contributed by atoms with Gasteiger partial charge in [-0.15, -0.1) is 0 Å². The zero-order valence-corrected chi connectivity index (χ0v) is 12.3. The van der Waals surface area contributed by atoms with Crippen LogP contribution in [0.25, 0.3) is 0 Å². The van der Waals surface area contributed by atoms with Crippen molar-refractivity contribution < 1.29 is 9.53 Å². The molecule has 1 heterocycles. The molecule has 3 N–H and O–H groups in total. The van der Waals surface area contributed by atoms with Gasteiger partial charge in [0.25, 0.3) is 0 Å². The normalized spacial score (nSPS) is 16.0. The first kappa shape index (κ1) is 15.3. The summed E-state index contributed by atoms with van der Waals surface area (Å²) in [5, 5.41) is 3.78. The fourth-order valence-corrected chi connectivity index (χ4v) is 2.53. The third kappa shape index (κ3) is 4.75. The van der Waals surface area contributed by atoms with E-state index in [1.165, 1.54) is 19.3 Å². The van der Waals surface area contributed by atoms with E-state index in [9.17, 15) is 4.79 Å². The molecule has 1 aromatic rings. The summed E-state index contributed by atoms with van der Waals surface area (Å²) in [4.78, 5) is 13.0. The van der Waals surface area contributed by atoms with E-state index in [0.29, 0.717) is 0 Å². The third-order valence-corrected chi connectivity index (χ3v) is 3.54. The minimum absolute atomic E-state index is 0.673. The van der Waals surface area contributed by atoms with Crippen molar-refractivity contribution in [1.29, 1.82) is 0 Å². The van der Waals surface area contributed by atoms with Crippen molar-refractivity contribution in [2.24, 2.45) is 10.8 Å². The molecule has 1 aliphatic heterocycles. The van der Waals surface area contributed by atoms with Gasteiger partial charge in [-0.3, -0.25) is 4.90 Å². The zero-order chi connectivity index (χ0) is 15.1. The number of rotatable bonds is 5. The van der Waals surface area contributed by atoms with Crippen molar-refractivity contribution >= 4 is 12.2 Å². The van der Waals surface area contributed by atoms with Crippen molar-refractivity contribution in [3.63, 3.8) is 0 Å². The Labute approximate surface area is 125 Å². The maximum Gasteiger partial charge on any atom is 0.332 e. The lowest BCUT2D eigenvalue weighted by molar-refractivity contribution is 0.218. The molecule has 1 aliphatic rings. The highest BCUT2D eigenvalue weighted by Crippen LogP contribution is 2.22. The first-order chi connectivity index (χ1) is 10.2. The SMILES string of the molecule is COc1ccc(C=NNC(N)=O)cc1CN1CCCCC1. The largest absolute Gasteiger partial charge is 0.496 e. The van der Waals surface area contributed by atoms with E-state index < -0.39 is 6.03 Å². The van der Waals surface area contributed by atoms with Gasteiger partial charge < -0.3 is 10.5 Å². The van der Waals surface area contributed by atoms with Gasteiger partial charge in [-0.2, -0.15) is 5.10 Å². The molecule has 1 aromatic carbocycles. The molecule has 0 bridgehead atoms. The Balaban J connectivity index is 2.09. The lowest BCUT2D eigenvalue weighted by Crippen LogP contribution is -2.29. The summed E-state index contributed by atoms with van der Waals surface area (Å²) in [5.41, 5.74) is 9.18. The van der Waals surface area contributed by atoms with Crippen molar-refractivity contribution in [3.8, 4) is 5.75 Å². The molecular formula is C15H22N4O2. The minimum atomic E-state index is -0.673. The van der Waals surface area contributed by atoms with Crippen LogP contribution in [0.15, 0.2) is 23.3 Å². The Hall–Kier alpha value is -2.08. The van der Waals surface area contributed by atoms with Gasteiger partial charge in [-0.25, -0.2) is 10.2 Å². The topological polar surface area (TPSA) is 80.0 Å². The van der Waals surface area contributed by atoms with Crippen LogP contribution in [0.4, 0.5) is 4.79 Å². The van der Waals surface area contributed by atoms with Crippen molar-refractivity contribution in [2.75, 3.05) is 20.2 Å². The number of nitrogens with one attached hydrogen (secondary N) is 1. The molecule has 0 spiro atoms. The Morgan fingerprint density at radius 3 is 2.86 bits per heavy atom. The van der Waals surface area contributed by atoms with Crippen LogP contribution in [0.1, 0.15) is 30.4 Å². The maximum absolute atomic E-state index is 10.6. The second-order valence-corrected chi connectivity index (χ2v) is 5.14. The molecule has 2 rings (SSSR count). The van der Waals surface area contributed by atoms with Crippen LogP contribution in [0, 0.1) is 0 Å². The second kappa shape index (κ2) is 7.64. The number of hydrazone groups is 1. The van der Waals surface area contributed by atoms with Gasteiger partial charge >= 0.3 is 6.03 Å². The third-order valence-electron chi connectivity index (χ3n) is 3.54. The predicted molar refractivity (Wildman–Crippen MR) is 82.4 cm³/mol. The van der Waals surface area contributed by atoms with Crippen LogP contribution in [-0.4, -0.2) is 37.3 Å². The van der Waals surface area contributed by atoms with Crippen LogP contribution in [0.3, 0.4) is 0 Å². The molecule has 21 heavy (non-hydrogen) atoms. The summed E-state index contributed by atoms with van der Waals surface area (Å²) in [6.07, 6.45) is 5.40. The summed E-state index contributed by atoms with van der Waals surface area (Å²) >= 11 is 0. The number of nitrogens with zero attached hydrogens (tertiary/aromatic N) is 2. The Kier molecular flexibility index (Phi) is 5.57. The van der Waals surface area contributed by atoms with Gasteiger partial charge in [-0.1, -0.05) is 6.42 Å². The highest BCUT2D eigenvalue weighted by molar-refractivity contribution is 5.82. The van der Waals surface area contributed by atoms with Crippen LogP contribution in [-0.2, 0) is 6.54 Å². The van der Waals surface area contributed by atoms with Gasteiger partial charge in [0, 0.05) is 12.1 Å². The fourth-order valence-electron chi connectivity index (χ4n) is 2.53. The average molecular weight is 290 g/mol. The number of urea groups is 1. The number of carbonyl (C=O) groups is 1. The second-order valence-electron chi connectivity index (χ2n) is 5.14. The molecule has 0 saturated carbocycles. The molecule has 1 saturated heterocycles. The molecule has 0 aliphatic carbocycles. The smallest absolute Gasteiger partial charge is 0.332 e. The molecule has 1 fully saturated rings. The first-order valence-electron chi connectivity index (χ1n) is 7.17. The number of amides is 2. The number of primary amides is 1. The van der Waals surface area contributed by atoms with Gasteiger partial charge in [0.1, 0.15) is 5.75 Å². The Morgan fingerprint density at radius 2 is 2.19 bits per heavy atom. The van der Waals surface area contributed by atoms with Crippen LogP contribution in [0.5, 0.6) is 5.75 Å². The number of hydrogen-bond acceptors (Lipinski definition) is 4. The van der Waals surface area contributed by atoms with Crippen LogP contribution < -0.4 is 15.9 Å². The molecule has 114 valence electrons. The predicted octanol–water partition coefficient (Wildman–Crippen LogP) is 1.68. The molecular weight excluding hydrogens is 268 g/mol. The highest BCUT2D eigenvalue weighted by atomic mass is 16.5. The summed E-state index contributed by atoms with van der Waals surface area (Å²) in [6, 6.07) is 5.17. The van der Waals surface area contributed by atoms with E-state index in [-0.39, 0.29) is 0 Å². The number of hydrogen-bond donors (Lipinski definition) is 2. The lowest BCUT2D eigenvalue weighted by Gasteiger charge is -2.27. The quantitative estimate of drug-likeness (QED) is 0.639. The monoisotopic (exact) mass is 290 g/mol. The molecule has 6 nitrogen and oxygen atoms in total. The fraction of sp³-hybridized carbons (Fsp3) is 0.467. The summed E-state index contributed by atoms with van der Waals surface area (Å²) in [6.45, 7) is 3.13. The van der Waals surface area contributed by atoms with Gasteiger partial charge in [-0.05, 0) is 49.7 Å². The number of methoxy groups -OCH3 is 1. The number of likely N-dealkylation sites (tertiary alicyclic amines) is 1. The Morgan fingerprint density at radius 1 is 1.43 bits per heavy atom. The number of carbonyl (C=O) groups excluding carboxylic acids is 1. The molecule has 2 amide bonds. The lowest BCUT2D eigenvalue weighted by atomic mass is 10.1. The minimum Gasteiger partial charge on any atom is -0.496 e. The van der Waals surface area contributed by atoms with Crippen molar-refractivity contribution in [3.05, 3.63) is 29.3 Å². The average Bonchev–Trinajstić information content (AvgIpc) is 2.48. The molecule has 0 atom stereocenters. The van der Waals surface area contributed by atoms with Crippen molar-refractivity contribution in [2.45, 2.75) is 25.8 Å². The van der Waals surface area contributed by atoms with Gasteiger partial charge in [0.15, 0.2) is 0 Å². The summed E-state index contributed by atoms with van der Waals surface area (Å²) in [7, 11) is 1.68.